The predicted octanol–water partition coefficient (Wildman–Crippen LogP) is 14.4. The van der Waals surface area contributed by atoms with E-state index in [2.05, 4.69) is 170 Å². The van der Waals surface area contributed by atoms with Crippen molar-refractivity contribution in [3.8, 4) is 33.4 Å². The largest absolute Gasteiger partial charge is 0.456 e. The molecule has 0 saturated heterocycles. The van der Waals surface area contributed by atoms with Gasteiger partial charge in [-0.3, -0.25) is 0 Å². The molecule has 1 nitrogen and oxygen atoms in total. The van der Waals surface area contributed by atoms with Crippen molar-refractivity contribution in [3.63, 3.8) is 0 Å². The third-order valence-corrected chi connectivity index (χ3v) is 10.8. The highest BCUT2D eigenvalue weighted by molar-refractivity contribution is 6.23. The van der Waals surface area contributed by atoms with E-state index in [0.29, 0.717) is 0 Å². The normalized spacial score (nSPS) is 11.9. The topological polar surface area (TPSA) is 13.1 Å². The Kier molecular flexibility index (Phi) is 6.02. The molecule has 1 aromatic heterocycles. The monoisotopic (exact) mass is 646 g/mol. The summed E-state index contributed by atoms with van der Waals surface area (Å²) in [5.74, 6) is 0. The van der Waals surface area contributed by atoms with E-state index in [-0.39, 0.29) is 0 Å². The van der Waals surface area contributed by atoms with Crippen LogP contribution in [-0.2, 0) is 0 Å². The molecule has 10 aromatic carbocycles. The zero-order valence-corrected chi connectivity index (χ0v) is 27.7. The average Bonchev–Trinajstić information content (AvgIpc) is 3.59. The maximum atomic E-state index is 6.21. The third kappa shape index (κ3) is 4.22. The Labute approximate surface area is 294 Å². The van der Waals surface area contributed by atoms with Gasteiger partial charge in [0.2, 0.25) is 0 Å². The molecule has 11 aromatic rings. The van der Waals surface area contributed by atoms with Crippen molar-refractivity contribution in [1.29, 1.82) is 0 Å². The standard InChI is InChI=1S/C50H30O/c1-2-12-36-33(11-1)30-45(39-14-4-3-13-38(36)39)31-21-23-32(24-22-31)48-40-15-5-7-17-42(40)49(43-18-8-6-16-41(43)48)35-25-27-37-34(29-35)26-28-47-50(37)44-19-9-10-20-46(44)51-47/h1-30H. The van der Waals surface area contributed by atoms with Crippen LogP contribution in [-0.4, -0.2) is 0 Å². The summed E-state index contributed by atoms with van der Waals surface area (Å²) in [7, 11) is 0. The first-order valence-corrected chi connectivity index (χ1v) is 17.6. The van der Waals surface area contributed by atoms with Crippen LogP contribution in [0.2, 0.25) is 0 Å². The minimum Gasteiger partial charge on any atom is -0.456 e. The maximum absolute atomic E-state index is 6.21. The first-order chi connectivity index (χ1) is 25.3. The molecule has 0 fully saturated rings. The summed E-state index contributed by atoms with van der Waals surface area (Å²) >= 11 is 0. The molecule has 0 amide bonds. The molecule has 0 spiro atoms. The van der Waals surface area contributed by atoms with Crippen molar-refractivity contribution in [3.05, 3.63) is 182 Å². The summed E-state index contributed by atoms with van der Waals surface area (Å²) in [6, 6.07) is 66.4. The van der Waals surface area contributed by atoms with Crippen molar-refractivity contribution >= 4 is 75.8 Å². The van der Waals surface area contributed by atoms with Gasteiger partial charge in [-0.2, -0.15) is 0 Å². The Morgan fingerprint density at radius 2 is 0.784 bits per heavy atom. The van der Waals surface area contributed by atoms with E-state index in [9.17, 15) is 0 Å². The van der Waals surface area contributed by atoms with Gasteiger partial charge in [0, 0.05) is 10.8 Å². The number of furan rings is 1. The molecule has 0 N–H and O–H groups in total. The predicted molar refractivity (Wildman–Crippen MR) is 218 cm³/mol. The quantitative estimate of drug-likeness (QED) is 0.138. The zero-order valence-electron chi connectivity index (χ0n) is 27.7. The fourth-order valence-corrected chi connectivity index (χ4v) is 8.57. The van der Waals surface area contributed by atoms with Gasteiger partial charge in [-0.05, 0) is 112 Å². The molecule has 0 saturated carbocycles. The Hall–Kier alpha value is -6.70. The molecule has 0 radical (unpaired) electrons. The second kappa shape index (κ2) is 10.9. The van der Waals surface area contributed by atoms with Gasteiger partial charge in [-0.1, -0.05) is 158 Å². The number of fused-ring (bicyclic) bond motifs is 10. The van der Waals surface area contributed by atoms with Crippen LogP contribution in [0.4, 0.5) is 0 Å². The third-order valence-electron chi connectivity index (χ3n) is 10.8. The molecule has 0 aliphatic heterocycles. The second-order valence-electron chi connectivity index (χ2n) is 13.6. The fourth-order valence-electron chi connectivity index (χ4n) is 8.57. The SMILES string of the molecule is c1ccc2c(c1)cc(-c1ccc(-c3c4ccccc4c(-c4ccc5c(ccc6oc7ccccc7c65)c4)c4ccccc34)cc1)c1ccccc12. The van der Waals surface area contributed by atoms with Crippen molar-refractivity contribution in [2.75, 3.05) is 0 Å². The number of rotatable bonds is 3. The van der Waals surface area contributed by atoms with E-state index in [4.69, 9.17) is 4.42 Å². The summed E-state index contributed by atoms with van der Waals surface area (Å²) in [6.45, 7) is 0. The van der Waals surface area contributed by atoms with E-state index in [1.54, 1.807) is 0 Å². The molecule has 0 bridgehead atoms. The lowest BCUT2D eigenvalue weighted by Gasteiger charge is -2.18. The fraction of sp³-hybridized carbons (Fsp3) is 0. The van der Waals surface area contributed by atoms with Crippen molar-refractivity contribution in [2.24, 2.45) is 0 Å². The number of hydrogen-bond donors (Lipinski definition) is 0. The van der Waals surface area contributed by atoms with Gasteiger partial charge in [-0.25, -0.2) is 0 Å². The summed E-state index contributed by atoms with van der Waals surface area (Å²) in [6.07, 6.45) is 0. The Morgan fingerprint density at radius 1 is 0.275 bits per heavy atom. The van der Waals surface area contributed by atoms with Crippen LogP contribution in [0, 0.1) is 0 Å². The highest BCUT2D eigenvalue weighted by atomic mass is 16.3. The average molecular weight is 647 g/mol. The summed E-state index contributed by atoms with van der Waals surface area (Å²) in [5.41, 5.74) is 9.31. The van der Waals surface area contributed by atoms with Gasteiger partial charge in [0.25, 0.3) is 0 Å². The number of hydrogen-bond acceptors (Lipinski definition) is 1. The van der Waals surface area contributed by atoms with E-state index >= 15 is 0 Å². The molecule has 0 aliphatic rings. The Balaban J connectivity index is 1.10. The van der Waals surface area contributed by atoms with Crippen LogP contribution in [0.3, 0.4) is 0 Å². The molecule has 11 rings (SSSR count). The van der Waals surface area contributed by atoms with Gasteiger partial charge in [0.05, 0.1) is 0 Å². The molecule has 1 heterocycles. The molecule has 0 unspecified atom stereocenters. The smallest absolute Gasteiger partial charge is 0.136 e. The molecule has 236 valence electrons. The maximum Gasteiger partial charge on any atom is 0.136 e. The van der Waals surface area contributed by atoms with Crippen molar-refractivity contribution in [2.45, 2.75) is 0 Å². The number of para-hydroxylation sites is 1. The van der Waals surface area contributed by atoms with Crippen LogP contribution < -0.4 is 0 Å². The van der Waals surface area contributed by atoms with E-state index in [1.165, 1.54) is 92.6 Å². The van der Waals surface area contributed by atoms with E-state index in [0.717, 1.165) is 16.6 Å². The van der Waals surface area contributed by atoms with Crippen LogP contribution in [0.15, 0.2) is 186 Å². The van der Waals surface area contributed by atoms with Gasteiger partial charge >= 0.3 is 0 Å². The first kappa shape index (κ1) is 28.2. The van der Waals surface area contributed by atoms with Crippen LogP contribution in [0.25, 0.3) is 109 Å². The lowest BCUT2D eigenvalue weighted by molar-refractivity contribution is 0.669. The Morgan fingerprint density at radius 3 is 1.49 bits per heavy atom. The highest BCUT2D eigenvalue weighted by Crippen LogP contribution is 2.45. The van der Waals surface area contributed by atoms with Crippen LogP contribution >= 0.6 is 0 Å². The molecule has 1 heteroatoms. The van der Waals surface area contributed by atoms with Crippen molar-refractivity contribution in [1.82, 2.24) is 0 Å². The van der Waals surface area contributed by atoms with Crippen molar-refractivity contribution < 1.29 is 4.42 Å². The summed E-state index contributed by atoms with van der Waals surface area (Å²) < 4.78 is 6.21. The Bertz CT molecular complexity index is 3120. The van der Waals surface area contributed by atoms with E-state index < -0.39 is 0 Å². The first-order valence-electron chi connectivity index (χ1n) is 17.6. The highest BCUT2D eigenvalue weighted by Gasteiger charge is 2.18. The number of benzene rings is 10. The van der Waals surface area contributed by atoms with Gasteiger partial charge in [0.15, 0.2) is 0 Å². The van der Waals surface area contributed by atoms with Crippen LogP contribution in [0.1, 0.15) is 0 Å². The molecule has 0 aliphatic carbocycles. The minimum atomic E-state index is 0.926. The molecule has 51 heavy (non-hydrogen) atoms. The second-order valence-corrected chi connectivity index (χ2v) is 13.6. The summed E-state index contributed by atoms with van der Waals surface area (Å²) in [4.78, 5) is 0. The van der Waals surface area contributed by atoms with Crippen LogP contribution in [0.5, 0.6) is 0 Å². The lowest BCUT2D eigenvalue weighted by Crippen LogP contribution is -1.91. The van der Waals surface area contributed by atoms with Gasteiger partial charge < -0.3 is 4.42 Å². The van der Waals surface area contributed by atoms with Gasteiger partial charge in [0.1, 0.15) is 11.2 Å². The van der Waals surface area contributed by atoms with Gasteiger partial charge in [-0.15, -0.1) is 0 Å². The summed E-state index contributed by atoms with van der Waals surface area (Å²) in [5, 5.41) is 14.9. The minimum absolute atomic E-state index is 0.926. The molecular formula is C50H30O. The molecule has 0 atom stereocenters. The lowest BCUT2D eigenvalue weighted by atomic mass is 9.85. The zero-order chi connectivity index (χ0) is 33.5. The van der Waals surface area contributed by atoms with E-state index in [1.807, 2.05) is 12.1 Å². The molecular weight excluding hydrogens is 617 g/mol.